The van der Waals surface area contributed by atoms with Gasteiger partial charge in [-0.2, -0.15) is 0 Å². The highest BCUT2D eigenvalue weighted by Crippen LogP contribution is 2.05. The molecule has 1 heterocycles. The molecule has 0 aliphatic carbocycles. The number of rotatable bonds is 15. The standard InChI is InChI=1S/C22H36N8O4/c1-3-26-20(33)17(10-7-13-28-22(23)24)30-21(34)18(29-15(2)31)9-4-5-12-27-19(32)16-8-6-11-25-14-16/h6,8,11,14,17-18H,3-5,7,9-10,12-13H2,1-2H3,(H,26,33)(H,27,32)(H,29,31)(H,30,34)(H4,23,24,28)/t17-,18-/m1/s1. The second kappa shape index (κ2) is 16.0. The van der Waals surface area contributed by atoms with Crippen LogP contribution in [0.1, 0.15) is 56.3 Å². The van der Waals surface area contributed by atoms with E-state index in [9.17, 15) is 19.2 Å². The van der Waals surface area contributed by atoms with E-state index in [2.05, 4.69) is 31.2 Å². The van der Waals surface area contributed by atoms with E-state index < -0.39 is 18.0 Å². The van der Waals surface area contributed by atoms with Crippen molar-refractivity contribution in [1.82, 2.24) is 26.3 Å². The van der Waals surface area contributed by atoms with Crippen molar-refractivity contribution in [2.45, 2.75) is 58.0 Å². The number of guanidine groups is 1. The van der Waals surface area contributed by atoms with Crippen molar-refractivity contribution in [2.75, 3.05) is 19.6 Å². The smallest absolute Gasteiger partial charge is 0.252 e. The van der Waals surface area contributed by atoms with Crippen LogP contribution in [0, 0.1) is 0 Å². The van der Waals surface area contributed by atoms with Crippen molar-refractivity contribution < 1.29 is 19.2 Å². The summed E-state index contributed by atoms with van der Waals surface area (Å²) in [5.74, 6) is -1.39. The summed E-state index contributed by atoms with van der Waals surface area (Å²) < 4.78 is 0. The number of hydrogen-bond donors (Lipinski definition) is 6. The van der Waals surface area contributed by atoms with Crippen LogP contribution in [0.25, 0.3) is 0 Å². The molecule has 1 rings (SSSR count). The number of unbranched alkanes of at least 4 members (excludes halogenated alkanes) is 1. The highest BCUT2D eigenvalue weighted by molar-refractivity contribution is 5.93. The number of amides is 4. The Balaban J connectivity index is 2.59. The number of carbonyl (C=O) groups excluding carboxylic acids is 4. The Morgan fingerprint density at radius 3 is 2.32 bits per heavy atom. The lowest BCUT2D eigenvalue weighted by atomic mass is 10.1. The number of aliphatic imine (C=N–C) groups is 1. The predicted octanol–water partition coefficient (Wildman–Crippen LogP) is -0.839. The zero-order valence-corrected chi connectivity index (χ0v) is 19.8. The molecule has 0 saturated carbocycles. The fourth-order valence-electron chi connectivity index (χ4n) is 3.13. The molecule has 8 N–H and O–H groups in total. The molecule has 1 aromatic heterocycles. The highest BCUT2D eigenvalue weighted by Gasteiger charge is 2.25. The van der Waals surface area contributed by atoms with Crippen LogP contribution in [0.3, 0.4) is 0 Å². The van der Waals surface area contributed by atoms with Gasteiger partial charge in [0.15, 0.2) is 5.96 Å². The second-order valence-electron chi connectivity index (χ2n) is 7.65. The Labute approximate surface area is 199 Å². The molecule has 0 aliphatic rings. The summed E-state index contributed by atoms with van der Waals surface area (Å²) in [5.41, 5.74) is 11.1. The van der Waals surface area contributed by atoms with E-state index in [1.54, 1.807) is 25.3 Å². The third-order valence-electron chi connectivity index (χ3n) is 4.75. The molecule has 0 aliphatic heterocycles. The maximum absolute atomic E-state index is 12.8. The Morgan fingerprint density at radius 2 is 1.71 bits per heavy atom. The lowest BCUT2D eigenvalue weighted by Gasteiger charge is -2.22. The molecule has 2 atom stereocenters. The van der Waals surface area contributed by atoms with Crippen molar-refractivity contribution in [2.24, 2.45) is 16.5 Å². The third kappa shape index (κ3) is 11.8. The number of nitrogens with zero attached hydrogens (tertiary/aromatic N) is 2. The lowest BCUT2D eigenvalue weighted by Crippen LogP contribution is -2.53. The molecule has 12 heteroatoms. The zero-order valence-electron chi connectivity index (χ0n) is 19.8. The van der Waals surface area contributed by atoms with Gasteiger partial charge in [-0.1, -0.05) is 0 Å². The molecule has 0 unspecified atom stereocenters. The average molecular weight is 477 g/mol. The fourth-order valence-corrected chi connectivity index (χ4v) is 3.13. The Morgan fingerprint density at radius 1 is 1.00 bits per heavy atom. The number of likely N-dealkylation sites (N-methyl/N-ethyl adjacent to an activating group) is 1. The van der Waals surface area contributed by atoms with Crippen LogP contribution in [-0.4, -0.2) is 66.3 Å². The number of nitrogens with two attached hydrogens (primary N) is 2. The van der Waals surface area contributed by atoms with Crippen molar-refractivity contribution >= 4 is 29.6 Å². The molecule has 0 saturated heterocycles. The summed E-state index contributed by atoms with van der Waals surface area (Å²) in [5, 5.41) is 10.8. The molecule has 4 amide bonds. The Kier molecular flexibility index (Phi) is 13.3. The van der Waals surface area contributed by atoms with Crippen LogP contribution in [-0.2, 0) is 14.4 Å². The van der Waals surface area contributed by atoms with Crippen molar-refractivity contribution in [3.05, 3.63) is 30.1 Å². The largest absolute Gasteiger partial charge is 0.370 e. The molecule has 1 aromatic rings. The van der Waals surface area contributed by atoms with E-state index in [1.807, 2.05) is 0 Å². The summed E-state index contributed by atoms with van der Waals surface area (Å²) >= 11 is 0. The van der Waals surface area contributed by atoms with Gasteiger partial charge in [-0.05, 0) is 51.2 Å². The summed E-state index contributed by atoms with van der Waals surface area (Å²) in [6, 6.07) is 1.76. The molecule has 0 bridgehead atoms. The maximum atomic E-state index is 12.8. The van der Waals surface area contributed by atoms with Crippen molar-refractivity contribution in [1.29, 1.82) is 0 Å². The number of carbonyl (C=O) groups is 4. The van der Waals surface area contributed by atoms with Crippen LogP contribution in [0.4, 0.5) is 0 Å². The summed E-state index contributed by atoms with van der Waals surface area (Å²) in [7, 11) is 0. The normalized spacial score (nSPS) is 12.1. The summed E-state index contributed by atoms with van der Waals surface area (Å²) in [6.45, 7) is 4.26. The van der Waals surface area contributed by atoms with E-state index >= 15 is 0 Å². The minimum atomic E-state index is -0.804. The van der Waals surface area contributed by atoms with Crippen molar-refractivity contribution in [3.8, 4) is 0 Å². The SMILES string of the molecule is CCNC(=O)[C@@H](CCCN=C(N)N)NC(=O)[C@@H](CCCCNC(=O)c1cccnc1)NC(C)=O. The third-order valence-corrected chi connectivity index (χ3v) is 4.75. The van der Waals surface area contributed by atoms with Gasteiger partial charge in [-0.3, -0.25) is 29.2 Å². The molecule has 12 nitrogen and oxygen atoms in total. The van der Waals surface area contributed by atoms with Gasteiger partial charge < -0.3 is 32.7 Å². The number of pyridine rings is 1. The molecule has 0 spiro atoms. The Bertz CT molecular complexity index is 827. The zero-order chi connectivity index (χ0) is 25.3. The maximum Gasteiger partial charge on any atom is 0.252 e. The highest BCUT2D eigenvalue weighted by atomic mass is 16.2. The molecule has 0 aromatic carbocycles. The van der Waals surface area contributed by atoms with Gasteiger partial charge in [0, 0.05) is 39.0 Å². The molecule has 188 valence electrons. The molecule has 0 fully saturated rings. The average Bonchev–Trinajstić information content (AvgIpc) is 2.80. The van der Waals surface area contributed by atoms with Crippen LogP contribution < -0.4 is 32.7 Å². The predicted molar refractivity (Wildman–Crippen MR) is 129 cm³/mol. The van der Waals surface area contributed by atoms with Gasteiger partial charge in [0.05, 0.1) is 5.56 Å². The molecular formula is C22H36N8O4. The van der Waals surface area contributed by atoms with E-state index in [4.69, 9.17) is 11.5 Å². The topological polar surface area (TPSA) is 194 Å². The van der Waals surface area contributed by atoms with E-state index in [0.717, 1.165) is 0 Å². The monoisotopic (exact) mass is 476 g/mol. The van der Waals surface area contributed by atoms with Crippen LogP contribution in [0.2, 0.25) is 0 Å². The van der Waals surface area contributed by atoms with Gasteiger partial charge in [0.1, 0.15) is 12.1 Å². The second-order valence-corrected chi connectivity index (χ2v) is 7.65. The number of aromatic nitrogens is 1. The number of hydrogen-bond acceptors (Lipinski definition) is 6. The van der Waals surface area contributed by atoms with Gasteiger partial charge >= 0.3 is 0 Å². The first-order valence-electron chi connectivity index (χ1n) is 11.3. The van der Waals surface area contributed by atoms with Gasteiger partial charge in [0.25, 0.3) is 5.91 Å². The number of nitrogens with one attached hydrogen (secondary N) is 4. The molecule has 34 heavy (non-hydrogen) atoms. The van der Waals surface area contributed by atoms with E-state index in [-0.39, 0.29) is 23.7 Å². The minimum absolute atomic E-state index is 0.0408. The lowest BCUT2D eigenvalue weighted by molar-refractivity contribution is -0.132. The first-order valence-corrected chi connectivity index (χ1v) is 11.3. The summed E-state index contributed by atoms with van der Waals surface area (Å²) in [4.78, 5) is 56.7. The first kappa shape index (κ1) is 28.3. The van der Waals surface area contributed by atoms with Crippen LogP contribution in [0.5, 0.6) is 0 Å². The van der Waals surface area contributed by atoms with Gasteiger partial charge in [-0.15, -0.1) is 0 Å². The van der Waals surface area contributed by atoms with E-state index in [1.165, 1.54) is 13.1 Å². The summed E-state index contributed by atoms with van der Waals surface area (Å²) in [6.07, 6.45) is 5.42. The quantitative estimate of drug-likeness (QED) is 0.108. The first-order chi connectivity index (χ1) is 16.2. The van der Waals surface area contributed by atoms with Gasteiger partial charge in [-0.25, -0.2) is 0 Å². The van der Waals surface area contributed by atoms with Crippen LogP contribution >= 0.6 is 0 Å². The van der Waals surface area contributed by atoms with E-state index in [0.29, 0.717) is 57.3 Å². The van der Waals surface area contributed by atoms with Gasteiger partial charge in [0.2, 0.25) is 17.7 Å². The Hall–Kier alpha value is -3.70. The van der Waals surface area contributed by atoms with Crippen molar-refractivity contribution in [3.63, 3.8) is 0 Å². The molecular weight excluding hydrogens is 440 g/mol. The minimum Gasteiger partial charge on any atom is -0.370 e. The van der Waals surface area contributed by atoms with Crippen LogP contribution in [0.15, 0.2) is 29.5 Å². The molecule has 0 radical (unpaired) electrons. The fraction of sp³-hybridized carbons (Fsp3) is 0.545.